The highest BCUT2D eigenvalue weighted by molar-refractivity contribution is 5.73. The lowest BCUT2D eigenvalue weighted by atomic mass is 9.69. The normalized spacial score (nSPS) is 13.3. The van der Waals surface area contributed by atoms with Gasteiger partial charge in [-0.25, -0.2) is 0 Å². The summed E-state index contributed by atoms with van der Waals surface area (Å²) < 4.78 is 0. The number of allylic oxidation sites excluding steroid dienone is 2. The van der Waals surface area contributed by atoms with Crippen molar-refractivity contribution in [3.05, 3.63) is 89.0 Å². The highest BCUT2D eigenvalue weighted by Crippen LogP contribution is 2.45. The van der Waals surface area contributed by atoms with Crippen LogP contribution in [0.5, 0.6) is 0 Å². The molecule has 0 nitrogen and oxygen atoms in total. The third-order valence-corrected chi connectivity index (χ3v) is 6.41. The topological polar surface area (TPSA) is 0 Å². The van der Waals surface area contributed by atoms with Gasteiger partial charge in [-0.05, 0) is 78.8 Å². The van der Waals surface area contributed by atoms with Gasteiger partial charge in [-0.15, -0.1) is 0 Å². The van der Waals surface area contributed by atoms with Gasteiger partial charge < -0.3 is 0 Å². The molecule has 0 saturated heterocycles. The maximum absolute atomic E-state index is 4.66. The molecule has 2 aromatic carbocycles. The van der Waals surface area contributed by atoms with Crippen LogP contribution in [-0.2, 0) is 0 Å². The lowest BCUT2D eigenvalue weighted by Crippen LogP contribution is -2.22. The number of hydrogen-bond donors (Lipinski definition) is 0. The summed E-state index contributed by atoms with van der Waals surface area (Å²) in [6, 6.07) is 15.6. The number of hydrogen-bond acceptors (Lipinski definition) is 0. The SMILES string of the molecule is C=C(c1ccccc1C)C(c1ccc(C)c(C)c1)C(C(=C)CCCCC)C(C)C. The standard InChI is InChI=1S/C29H40/c1-9-10-11-15-23(6)28(20(2)3)29(26-18-17-21(4)24(7)19-26)25(8)27-16-13-12-14-22(27)5/h12-14,16-20,28-29H,6,8-11,15H2,1-5,7H3. The average molecular weight is 389 g/mol. The third kappa shape index (κ3) is 5.72. The second kappa shape index (κ2) is 10.6. The monoisotopic (exact) mass is 388 g/mol. The maximum atomic E-state index is 4.66. The van der Waals surface area contributed by atoms with E-state index in [9.17, 15) is 0 Å². The molecule has 0 saturated carbocycles. The van der Waals surface area contributed by atoms with E-state index in [1.807, 2.05) is 0 Å². The van der Waals surface area contributed by atoms with Crippen molar-refractivity contribution in [3.63, 3.8) is 0 Å². The molecule has 156 valence electrons. The molecule has 0 radical (unpaired) electrons. The first-order valence-corrected chi connectivity index (χ1v) is 11.3. The molecule has 0 fully saturated rings. The van der Waals surface area contributed by atoms with E-state index in [0.717, 1.165) is 6.42 Å². The number of benzene rings is 2. The molecule has 0 aliphatic carbocycles. The minimum Gasteiger partial charge on any atom is -0.0995 e. The quantitative estimate of drug-likeness (QED) is 0.282. The van der Waals surface area contributed by atoms with Gasteiger partial charge in [-0.2, -0.15) is 0 Å². The Labute approximate surface area is 179 Å². The maximum Gasteiger partial charge on any atom is 0.0157 e. The minimum atomic E-state index is 0.254. The Morgan fingerprint density at radius 2 is 1.55 bits per heavy atom. The fraction of sp³-hybridized carbons (Fsp3) is 0.448. The number of unbranched alkanes of at least 4 members (excludes halogenated alkanes) is 2. The van der Waals surface area contributed by atoms with E-state index in [-0.39, 0.29) is 5.92 Å². The van der Waals surface area contributed by atoms with Gasteiger partial charge in [0.05, 0.1) is 0 Å². The molecule has 0 aromatic heterocycles. The van der Waals surface area contributed by atoms with Gasteiger partial charge in [0.15, 0.2) is 0 Å². The van der Waals surface area contributed by atoms with Crippen LogP contribution in [0, 0.1) is 32.6 Å². The molecule has 29 heavy (non-hydrogen) atoms. The first kappa shape index (κ1) is 23.2. The van der Waals surface area contributed by atoms with E-state index in [4.69, 9.17) is 0 Å². The van der Waals surface area contributed by atoms with Crippen LogP contribution in [0.2, 0.25) is 0 Å². The van der Waals surface area contributed by atoms with E-state index in [1.54, 1.807) is 0 Å². The first-order chi connectivity index (χ1) is 13.8. The van der Waals surface area contributed by atoms with Crippen LogP contribution >= 0.6 is 0 Å². The zero-order valence-electron chi connectivity index (χ0n) is 19.5. The number of rotatable bonds is 10. The first-order valence-electron chi connectivity index (χ1n) is 11.3. The summed E-state index contributed by atoms with van der Waals surface area (Å²) in [5.74, 6) is 1.15. The Balaban J connectivity index is 2.54. The van der Waals surface area contributed by atoms with E-state index >= 15 is 0 Å². The van der Waals surface area contributed by atoms with Crippen molar-refractivity contribution in [2.75, 3.05) is 0 Å². The molecule has 0 aliphatic rings. The van der Waals surface area contributed by atoms with Gasteiger partial charge in [0.2, 0.25) is 0 Å². The molecule has 2 aromatic rings. The zero-order chi connectivity index (χ0) is 21.6. The number of aryl methyl sites for hydroxylation is 3. The molecule has 0 amide bonds. The molecule has 0 heterocycles. The Kier molecular flexibility index (Phi) is 8.50. The summed E-state index contributed by atoms with van der Waals surface area (Å²) >= 11 is 0. The van der Waals surface area contributed by atoms with Crippen LogP contribution in [-0.4, -0.2) is 0 Å². The summed E-state index contributed by atoms with van der Waals surface area (Å²) in [6.07, 6.45) is 4.86. The van der Waals surface area contributed by atoms with Crippen molar-refractivity contribution in [2.45, 2.75) is 73.1 Å². The molecule has 0 N–H and O–H groups in total. The highest BCUT2D eigenvalue weighted by Gasteiger charge is 2.31. The molecular formula is C29H40. The molecule has 0 bridgehead atoms. The summed E-state index contributed by atoms with van der Waals surface area (Å²) in [7, 11) is 0. The molecule has 0 spiro atoms. The summed E-state index contributed by atoms with van der Waals surface area (Å²) in [5.41, 5.74) is 9.25. The lowest BCUT2D eigenvalue weighted by molar-refractivity contribution is 0.400. The van der Waals surface area contributed by atoms with Crippen molar-refractivity contribution in [1.29, 1.82) is 0 Å². The van der Waals surface area contributed by atoms with E-state index < -0.39 is 0 Å². The minimum absolute atomic E-state index is 0.254. The van der Waals surface area contributed by atoms with Crippen LogP contribution in [0.3, 0.4) is 0 Å². The van der Waals surface area contributed by atoms with E-state index in [1.165, 1.54) is 58.2 Å². The van der Waals surface area contributed by atoms with Crippen LogP contribution in [0.4, 0.5) is 0 Å². The summed E-state index contributed by atoms with van der Waals surface area (Å²) in [5, 5.41) is 0. The summed E-state index contributed by atoms with van der Waals surface area (Å²) in [6.45, 7) is 22.8. The largest absolute Gasteiger partial charge is 0.0995 e. The Morgan fingerprint density at radius 3 is 2.14 bits per heavy atom. The van der Waals surface area contributed by atoms with Crippen LogP contribution in [0.25, 0.3) is 5.57 Å². The Hall–Kier alpha value is -2.08. The van der Waals surface area contributed by atoms with Crippen molar-refractivity contribution < 1.29 is 0 Å². The summed E-state index contributed by atoms with van der Waals surface area (Å²) in [4.78, 5) is 0. The predicted molar refractivity (Wildman–Crippen MR) is 130 cm³/mol. The van der Waals surface area contributed by atoms with Crippen molar-refractivity contribution >= 4 is 5.57 Å². The Morgan fingerprint density at radius 1 is 0.862 bits per heavy atom. The van der Waals surface area contributed by atoms with Gasteiger partial charge in [-0.1, -0.05) is 94.8 Å². The molecule has 2 unspecified atom stereocenters. The molecule has 2 atom stereocenters. The average Bonchev–Trinajstić information content (AvgIpc) is 2.68. The van der Waals surface area contributed by atoms with Crippen LogP contribution in [0.15, 0.2) is 61.2 Å². The smallest absolute Gasteiger partial charge is 0.0157 e. The second-order valence-electron chi connectivity index (χ2n) is 9.05. The predicted octanol–water partition coefficient (Wildman–Crippen LogP) is 8.82. The Bertz CT molecular complexity index is 837. The van der Waals surface area contributed by atoms with Crippen molar-refractivity contribution in [2.24, 2.45) is 11.8 Å². The molecule has 0 heteroatoms. The van der Waals surface area contributed by atoms with E-state index in [2.05, 4.69) is 97.2 Å². The third-order valence-electron chi connectivity index (χ3n) is 6.41. The lowest BCUT2D eigenvalue weighted by Gasteiger charge is -2.35. The van der Waals surface area contributed by atoms with E-state index in [0.29, 0.717) is 11.8 Å². The second-order valence-corrected chi connectivity index (χ2v) is 9.05. The molecule has 0 aliphatic heterocycles. The fourth-order valence-corrected chi connectivity index (χ4v) is 4.54. The van der Waals surface area contributed by atoms with Gasteiger partial charge in [0.25, 0.3) is 0 Å². The van der Waals surface area contributed by atoms with Crippen LogP contribution in [0.1, 0.15) is 80.2 Å². The van der Waals surface area contributed by atoms with Crippen LogP contribution < -0.4 is 0 Å². The molecular weight excluding hydrogens is 348 g/mol. The van der Waals surface area contributed by atoms with Crippen molar-refractivity contribution in [1.82, 2.24) is 0 Å². The van der Waals surface area contributed by atoms with Gasteiger partial charge >= 0.3 is 0 Å². The highest BCUT2D eigenvalue weighted by atomic mass is 14.3. The van der Waals surface area contributed by atoms with Gasteiger partial charge in [0.1, 0.15) is 0 Å². The van der Waals surface area contributed by atoms with Gasteiger partial charge in [0, 0.05) is 5.92 Å². The zero-order valence-corrected chi connectivity index (χ0v) is 19.5. The van der Waals surface area contributed by atoms with Crippen molar-refractivity contribution in [3.8, 4) is 0 Å². The molecule has 2 rings (SSSR count). The fourth-order valence-electron chi connectivity index (χ4n) is 4.54. The van der Waals surface area contributed by atoms with Gasteiger partial charge in [-0.3, -0.25) is 0 Å².